The lowest BCUT2D eigenvalue weighted by Gasteiger charge is -2.34. The molecule has 1 fully saturated rings. The van der Waals surface area contributed by atoms with Gasteiger partial charge in [0.05, 0.1) is 11.1 Å². The summed E-state index contributed by atoms with van der Waals surface area (Å²) in [5.74, 6) is 5.61. The van der Waals surface area contributed by atoms with Gasteiger partial charge >= 0.3 is 0 Å². The molecular weight excluding hydrogens is 331 g/mol. The first-order valence-electron chi connectivity index (χ1n) is 6.48. The van der Waals surface area contributed by atoms with Gasteiger partial charge in [0, 0.05) is 10.0 Å². The van der Waals surface area contributed by atoms with Gasteiger partial charge in [0.2, 0.25) is 0 Å². The number of benzene rings is 1. The van der Waals surface area contributed by atoms with E-state index in [9.17, 15) is 4.39 Å². The van der Waals surface area contributed by atoms with Crippen molar-refractivity contribution in [3.63, 3.8) is 0 Å². The van der Waals surface area contributed by atoms with Crippen molar-refractivity contribution in [3.8, 4) is 0 Å². The fraction of sp³-hybridized carbons (Fsp3) is 0.571. The van der Waals surface area contributed by atoms with Gasteiger partial charge < -0.3 is 0 Å². The van der Waals surface area contributed by atoms with Crippen LogP contribution in [0, 0.1) is 17.2 Å². The van der Waals surface area contributed by atoms with Gasteiger partial charge in [-0.3, -0.25) is 11.3 Å². The van der Waals surface area contributed by atoms with Crippen molar-refractivity contribution in [1.82, 2.24) is 5.43 Å². The highest BCUT2D eigenvalue weighted by Crippen LogP contribution is 2.49. The van der Waals surface area contributed by atoms with Crippen LogP contribution < -0.4 is 11.3 Å². The summed E-state index contributed by atoms with van der Waals surface area (Å²) >= 11 is 9.20. The Hall–Kier alpha value is -0.160. The van der Waals surface area contributed by atoms with Gasteiger partial charge in [-0.25, -0.2) is 4.39 Å². The normalized spacial score (nSPS) is 23.6. The number of rotatable bonds is 3. The monoisotopic (exact) mass is 348 g/mol. The third-order valence-electron chi connectivity index (χ3n) is 4.32. The van der Waals surface area contributed by atoms with E-state index in [2.05, 4.69) is 35.2 Å². The molecule has 5 heteroatoms. The average Bonchev–Trinajstić information content (AvgIpc) is 2.70. The van der Waals surface area contributed by atoms with Crippen LogP contribution >= 0.6 is 27.5 Å². The van der Waals surface area contributed by atoms with Gasteiger partial charge in [-0.15, -0.1) is 0 Å². The molecule has 0 radical (unpaired) electrons. The van der Waals surface area contributed by atoms with Crippen LogP contribution in [-0.4, -0.2) is 0 Å². The highest BCUT2D eigenvalue weighted by molar-refractivity contribution is 9.10. The van der Waals surface area contributed by atoms with Crippen molar-refractivity contribution >= 4 is 27.5 Å². The Morgan fingerprint density at radius 2 is 2.21 bits per heavy atom. The van der Waals surface area contributed by atoms with Gasteiger partial charge in [0.15, 0.2) is 0 Å². The van der Waals surface area contributed by atoms with Crippen LogP contribution in [0.15, 0.2) is 16.6 Å². The van der Waals surface area contributed by atoms with E-state index in [1.165, 1.54) is 0 Å². The molecule has 1 aromatic rings. The van der Waals surface area contributed by atoms with E-state index in [-0.39, 0.29) is 22.3 Å². The summed E-state index contributed by atoms with van der Waals surface area (Å²) in [6, 6.07) is 3.32. The fourth-order valence-electron chi connectivity index (χ4n) is 3.18. The summed E-state index contributed by atoms with van der Waals surface area (Å²) in [6.07, 6.45) is 3.35. The zero-order chi connectivity index (χ0) is 14.2. The second-order valence-electron chi connectivity index (χ2n) is 5.90. The minimum absolute atomic E-state index is 0.119. The zero-order valence-electron chi connectivity index (χ0n) is 11.1. The molecule has 0 saturated heterocycles. The van der Waals surface area contributed by atoms with Crippen molar-refractivity contribution in [1.29, 1.82) is 0 Å². The molecule has 1 saturated carbocycles. The van der Waals surface area contributed by atoms with Crippen LogP contribution in [0.3, 0.4) is 0 Å². The molecule has 0 aromatic heterocycles. The third kappa shape index (κ3) is 2.82. The van der Waals surface area contributed by atoms with Crippen molar-refractivity contribution in [2.24, 2.45) is 17.2 Å². The van der Waals surface area contributed by atoms with Crippen molar-refractivity contribution in [3.05, 3.63) is 33.0 Å². The highest BCUT2D eigenvalue weighted by atomic mass is 79.9. The van der Waals surface area contributed by atoms with Gasteiger partial charge in [-0.1, -0.05) is 37.9 Å². The molecule has 1 aromatic carbocycles. The Morgan fingerprint density at radius 1 is 1.53 bits per heavy atom. The quantitative estimate of drug-likeness (QED) is 0.476. The van der Waals surface area contributed by atoms with E-state index in [1.54, 1.807) is 12.1 Å². The highest BCUT2D eigenvalue weighted by Gasteiger charge is 2.40. The Bertz CT molecular complexity index is 479. The van der Waals surface area contributed by atoms with E-state index in [0.717, 1.165) is 19.3 Å². The Balaban J connectivity index is 2.40. The largest absolute Gasteiger partial charge is 0.271 e. The first kappa shape index (κ1) is 15.2. The van der Waals surface area contributed by atoms with Gasteiger partial charge in [0.1, 0.15) is 5.82 Å². The van der Waals surface area contributed by atoms with E-state index >= 15 is 0 Å². The molecule has 2 rings (SSSR count). The summed E-state index contributed by atoms with van der Waals surface area (Å²) in [4.78, 5) is 0. The molecular formula is C14H19BrClFN2. The van der Waals surface area contributed by atoms with Crippen LogP contribution in [-0.2, 0) is 0 Å². The number of hydrazine groups is 1. The Morgan fingerprint density at radius 3 is 2.74 bits per heavy atom. The topological polar surface area (TPSA) is 38.0 Å². The predicted octanol–water partition coefficient (Wildman–Crippen LogP) is 4.57. The fourth-order valence-corrected chi connectivity index (χ4v) is 3.65. The van der Waals surface area contributed by atoms with Crippen LogP contribution in [0.1, 0.15) is 44.7 Å². The maximum atomic E-state index is 14.3. The van der Waals surface area contributed by atoms with E-state index in [1.807, 2.05) is 0 Å². The summed E-state index contributed by atoms with van der Waals surface area (Å²) in [7, 11) is 0. The average molecular weight is 350 g/mol. The van der Waals surface area contributed by atoms with Crippen LogP contribution in [0.4, 0.5) is 4.39 Å². The van der Waals surface area contributed by atoms with Crippen molar-refractivity contribution < 1.29 is 4.39 Å². The van der Waals surface area contributed by atoms with Crippen LogP contribution in [0.2, 0.25) is 5.02 Å². The van der Waals surface area contributed by atoms with Gasteiger partial charge in [0.25, 0.3) is 0 Å². The molecule has 1 aliphatic rings. The number of halogens is 3. The van der Waals surface area contributed by atoms with E-state index < -0.39 is 0 Å². The zero-order valence-corrected chi connectivity index (χ0v) is 13.5. The number of hydrogen-bond acceptors (Lipinski definition) is 2. The second-order valence-corrected chi connectivity index (χ2v) is 7.13. The lowest BCUT2D eigenvalue weighted by molar-refractivity contribution is 0.195. The molecule has 0 heterocycles. The number of nitrogens with one attached hydrogen (secondary N) is 1. The molecule has 0 spiro atoms. The number of hydrogen-bond donors (Lipinski definition) is 2. The molecule has 2 atom stereocenters. The summed E-state index contributed by atoms with van der Waals surface area (Å²) < 4.78 is 14.9. The van der Waals surface area contributed by atoms with Crippen LogP contribution in [0.5, 0.6) is 0 Å². The van der Waals surface area contributed by atoms with Gasteiger partial charge in [-0.2, -0.15) is 0 Å². The first-order valence-corrected chi connectivity index (χ1v) is 7.65. The lowest BCUT2D eigenvalue weighted by atomic mass is 9.75. The minimum atomic E-state index is -0.387. The molecule has 3 N–H and O–H groups in total. The molecule has 2 nitrogen and oxygen atoms in total. The van der Waals surface area contributed by atoms with E-state index in [0.29, 0.717) is 16.0 Å². The minimum Gasteiger partial charge on any atom is -0.271 e. The smallest absolute Gasteiger partial charge is 0.147 e. The van der Waals surface area contributed by atoms with Crippen LogP contribution in [0.25, 0.3) is 0 Å². The van der Waals surface area contributed by atoms with E-state index in [4.69, 9.17) is 17.4 Å². The molecule has 0 bridgehead atoms. The molecule has 0 aliphatic heterocycles. The molecule has 0 amide bonds. The van der Waals surface area contributed by atoms with Gasteiger partial charge in [-0.05, 0) is 46.2 Å². The lowest BCUT2D eigenvalue weighted by Crippen LogP contribution is -2.38. The second kappa shape index (κ2) is 5.68. The molecule has 2 unspecified atom stereocenters. The standard InChI is InChI=1S/C14H19BrClFN2/c1-14(2)7-3-4-9(14)13(19-18)8-5-6-10(15)11(16)12(8)17/h5-6,9,13,19H,3-4,7,18H2,1-2H3. The molecule has 1 aliphatic carbocycles. The SMILES string of the molecule is CC1(C)CCCC1C(NN)c1ccc(Br)c(Cl)c1F. The first-order chi connectivity index (χ1) is 8.88. The molecule has 106 valence electrons. The van der Waals surface area contributed by atoms with Crippen molar-refractivity contribution in [2.75, 3.05) is 0 Å². The Kier molecular flexibility index (Phi) is 4.56. The predicted molar refractivity (Wildman–Crippen MR) is 80.3 cm³/mol. The summed E-state index contributed by atoms with van der Waals surface area (Å²) in [5.41, 5.74) is 3.50. The maximum absolute atomic E-state index is 14.3. The molecule has 19 heavy (non-hydrogen) atoms. The summed E-state index contributed by atoms with van der Waals surface area (Å²) in [5, 5.41) is 0.119. The Labute approximate surface area is 127 Å². The summed E-state index contributed by atoms with van der Waals surface area (Å²) in [6.45, 7) is 4.43. The number of nitrogens with two attached hydrogens (primary N) is 1. The maximum Gasteiger partial charge on any atom is 0.147 e. The van der Waals surface area contributed by atoms with Crippen molar-refractivity contribution in [2.45, 2.75) is 39.2 Å². The third-order valence-corrected chi connectivity index (χ3v) is 5.58.